The number of carbonyl (C=O) groups excluding carboxylic acids is 1. The van der Waals surface area contributed by atoms with E-state index in [0.717, 1.165) is 13.0 Å². The van der Waals surface area contributed by atoms with Crippen molar-refractivity contribution < 1.29 is 23.7 Å². The molecular weight excluding hydrogens is 296 g/mol. The molecule has 0 aliphatic rings. The Bertz CT molecular complexity index is 273. The summed E-state index contributed by atoms with van der Waals surface area (Å²) in [6.45, 7) is 11.2. The number of carbonyl (C=O) groups is 1. The van der Waals surface area contributed by atoms with Crippen LogP contribution in [0.2, 0.25) is 0 Å². The minimum Gasteiger partial charge on any atom is -0.460 e. The lowest BCUT2D eigenvalue weighted by atomic mass is 10.2. The maximum absolute atomic E-state index is 11.4. The van der Waals surface area contributed by atoms with Crippen molar-refractivity contribution in [3.8, 4) is 0 Å². The van der Waals surface area contributed by atoms with Crippen LogP contribution in [-0.4, -0.2) is 51.2 Å². The van der Waals surface area contributed by atoms with E-state index in [4.69, 9.17) is 18.9 Å². The van der Waals surface area contributed by atoms with Crippen molar-refractivity contribution in [3.63, 3.8) is 0 Å². The third-order valence-corrected chi connectivity index (χ3v) is 3.01. The quantitative estimate of drug-likeness (QED) is 0.338. The van der Waals surface area contributed by atoms with Gasteiger partial charge in [-0.3, -0.25) is 4.79 Å². The molecule has 5 nitrogen and oxygen atoms in total. The first-order chi connectivity index (χ1) is 11.0. The van der Waals surface area contributed by atoms with E-state index in [1.54, 1.807) is 0 Å². The summed E-state index contributed by atoms with van der Waals surface area (Å²) in [5.74, 6) is -0.231. The predicted molar refractivity (Wildman–Crippen MR) is 91.7 cm³/mol. The average molecular weight is 332 g/mol. The second kappa shape index (κ2) is 14.9. The zero-order valence-electron chi connectivity index (χ0n) is 15.5. The van der Waals surface area contributed by atoms with E-state index in [2.05, 4.69) is 6.92 Å². The van der Waals surface area contributed by atoms with E-state index in [-0.39, 0.29) is 12.4 Å². The fourth-order valence-corrected chi connectivity index (χ4v) is 1.90. The molecule has 0 fully saturated rings. The molecule has 0 heterocycles. The molecule has 0 N–H and O–H groups in total. The maximum atomic E-state index is 11.4. The molecule has 0 saturated heterocycles. The Morgan fingerprint density at radius 3 is 1.83 bits per heavy atom. The predicted octanol–water partition coefficient (Wildman–Crippen LogP) is 3.74. The smallest absolute Gasteiger partial charge is 0.308 e. The normalized spacial score (nSPS) is 11.7. The Labute approximate surface area is 142 Å². The van der Waals surface area contributed by atoms with E-state index >= 15 is 0 Å². The highest BCUT2D eigenvalue weighted by Crippen LogP contribution is 2.08. The van der Waals surface area contributed by atoms with Crippen LogP contribution in [0.4, 0.5) is 0 Å². The summed E-state index contributed by atoms with van der Waals surface area (Å²) < 4.78 is 21.4. The lowest BCUT2D eigenvalue weighted by molar-refractivity contribution is -0.156. The van der Waals surface area contributed by atoms with Crippen molar-refractivity contribution >= 4 is 5.97 Å². The van der Waals surface area contributed by atoms with Crippen molar-refractivity contribution in [1.29, 1.82) is 0 Å². The Kier molecular flexibility index (Phi) is 14.5. The lowest BCUT2D eigenvalue weighted by Gasteiger charge is -2.19. The van der Waals surface area contributed by atoms with Gasteiger partial charge in [-0.1, -0.05) is 32.6 Å². The molecule has 0 spiro atoms. The number of unbranched alkanes of at least 4 members (excludes halogenated alkanes) is 4. The van der Waals surface area contributed by atoms with Gasteiger partial charge in [0.05, 0.1) is 39.5 Å². The number of rotatable bonds is 15. The number of hydrogen-bond donors (Lipinski definition) is 0. The van der Waals surface area contributed by atoms with E-state index in [1.807, 2.05) is 20.8 Å². The molecule has 0 bridgehead atoms. The second-order valence-electron chi connectivity index (χ2n) is 6.59. The van der Waals surface area contributed by atoms with Gasteiger partial charge in [0.1, 0.15) is 5.60 Å². The molecule has 0 rings (SSSR count). The highest BCUT2D eigenvalue weighted by Gasteiger charge is 2.15. The van der Waals surface area contributed by atoms with E-state index in [0.29, 0.717) is 33.0 Å². The van der Waals surface area contributed by atoms with Crippen molar-refractivity contribution in [2.45, 2.75) is 71.8 Å². The second-order valence-corrected chi connectivity index (χ2v) is 6.59. The molecule has 0 saturated carbocycles. The maximum Gasteiger partial charge on any atom is 0.308 e. The minimum absolute atomic E-state index is 0.231. The average Bonchev–Trinajstić information content (AvgIpc) is 2.46. The van der Waals surface area contributed by atoms with Crippen LogP contribution in [0, 0.1) is 0 Å². The highest BCUT2D eigenvalue weighted by atomic mass is 16.6. The lowest BCUT2D eigenvalue weighted by Crippen LogP contribution is -2.24. The van der Waals surface area contributed by atoms with Gasteiger partial charge < -0.3 is 18.9 Å². The SMILES string of the molecule is CCCCCCCOCCOCCOCCC(=O)OC(C)(C)C. The van der Waals surface area contributed by atoms with E-state index < -0.39 is 5.60 Å². The molecule has 0 aromatic heterocycles. The number of hydrogen-bond acceptors (Lipinski definition) is 5. The van der Waals surface area contributed by atoms with Gasteiger partial charge in [-0.05, 0) is 27.2 Å². The number of esters is 1. The summed E-state index contributed by atoms with van der Waals surface area (Å²) in [5.41, 5.74) is -0.434. The molecule has 23 heavy (non-hydrogen) atoms. The first-order valence-electron chi connectivity index (χ1n) is 8.91. The van der Waals surface area contributed by atoms with Gasteiger partial charge in [-0.25, -0.2) is 0 Å². The van der Waals surface area contributed by atoms with Gasteiger partial charge in [0.2, 0.25) is 0 Å². The van der Waals surface area contributed by atoms with Crippen molar-refractivity contribution in [1.82, 2.24) is 0 Å². The Balaban J connectivity index is 3.15. The Hall–Kier alpha value is -0.650. The largest absolute Gasteiger partial charge is 0.460 e. The minimum atomic E-state index is -0.434. The summed E-state index contributed by atoms with van der Waals surface area (Å²) in [6, 6.07) is 0. The molecule has 0 radical (unpaired) electrons. The van der Waals surface area contributed by atoms with Crippen LogP contribution < -0.4 is 0 Å². The van der Waals surface area contributed by atoms with Gasteiger partial charge in [-0.2, -0.15) is 0 Å². The molecule has 0 aliphatic carbocycles. The first kappa shape index (κ1) is 22.4. The zero-order chi connectivity index (χ0) is 17.4. The van der Waals surface area contributed by atoms with Gasteiger partial charge in [0.15, 0.2) is 0 Å². The molecule has 0 atom stereocenters. The molecule has 0 aromatic rings. The topological polar surface area (TPSA) is 54.0 Å². The highest BCUT2D eigenvalue weighted by molar-refractivity contribution is 5.69. The fraction of sp³-hybridized carbons (Fsp3) is 0.944. The molecule has 0 aromatic carbocycles. The third-order valence-electron chi connectivity index (χ3n) is 3.01. The zero-order valence-corrected chi connectivity index (χ0v) is 15.5. The first-order valence-corrected chi connectivity index (χ1v) is 8.91. The molecule has 0 amide bonds. The summed E-state index contributed by atoms with van der Waals surface area (Å²) in [5, 5.41) is 0. The van der Waals surface area contributed by atoms with Crippen LogP contribution in [0.15, 0.2) is 0 Å². The Morgan fingerprint density at radius 1 is 0.739 bits per heavy atom. The molecule has 0 aliphatic heterocycles. The standard InChI is InChI=1S/C18H36O5/c1-5-6-7-8-9-11-20-13-15-22-16-14-21-12-10-17(19)23-18(2,3)4/h5-16H2,1-4H3. The summed E-state index contributed by atoms with van der Waals surface area (Å²) in [4.78, 5) is 11.4. The third kappa shape index (κ3) is 19.3. The van der Waals surface area contributed by atoms with Gasteiger partial charge in [-0.15, -0.1) is 0 Å². The summed E-state index contributed by atoms with van der Waals surface area (Å²) in [7, 11) is 0. The monoisotopic (exact) mass is 332 g/mol. The Morgan fingerprint density at radius 2 is 1.26 bits per heavy atom. The van der Waals surface area contributed by atoms with Gasteiger partial charge in [0.25, 0.3) is 0 Å². The van der Waals surface area contributed by atoms with Gasteiger partial charge in [0, 0.05) is 6.61 Å². The van der Waals surface area contributed by atoms with Gasteiger partial charge >= 0.3 is 5.97 Å². The van der Waals surface area contributed by atoms with E-state index in [1.165, 1.54) is 25.7 Å². The van der Waals surface area contributed by atoms with Crippen LogP contribution >= 0.6 is 0 Å². The van der Waals surface area contributed by atoms with Crippen molar-refractivity contribution in [2.75, 3.05) is 39.6 Å². The van der Waals surface area contributed by atoms with Crippen LogP contribution in [0.1, 0.15) is 66.2 Å². The molecule has 138 valence electrons. The van der Waals surface area contributed by atoms with Crippen LogP contribution in [0.25, 0.3) is 0 Å². The summed E-state index contributed by atoms with van der Waals surface area (Å²) in [6.07, 6.45) is 6.55. The van der Waals surface area contributed by atoms with Crippen LogP contribution in [-0.2, 0) is 23.7 Å². The van der Waals surface area contributed by atoms with Crippen molar-refractivity contribution in [2.24, 2.45) is 0 Å². The summed E-state index contributed by atoms with van der Waals surface area (Å²) >= 11 is 0. The van der Waals surface area contributed by atoms with Crippen molar-refractivity contribution in [3.05, 3.63) is 0 Å². The van der Waals surface area contributed by atoms with Crippen LogP contribution in [0.3, 0.4) is 0 Å². The van der Waals surface area contributed by atoms with Crippen LogP contribution in [0.5, 0.6) is 0 Å². The fourth-order valence-electron chi connectivity index (χ4n) is 1.90. The molecule has 5 heteroatoms. The molecular formula is C18H36O5. The molecule has 0 unspecified atom stereocenters. The number of ether oxygens (including phenoxy) is 4. The van der Waals surface area contributed by atoms with E-state index in [9.17, 15) is 4.79 Å².